The van der Waals surface area contributed by atoms with Gasteiger partial charge in [0.05, 0.1) is 0 Å². The molecule has 0 amide bonds. The van der Waals surface area contributed by atoms with Gasteiger partial charge in [0.1, 0.15) is 0 Å². The fraction of sp³-hybridized carbons (Fsp3) is 1.00. The molecule has 1 nitrogen and oxygen atoms in total. The van der Waals surface area contributed by atoms with Crippen LogP contribution in [0.5, 0.6) is 0 Å². The predicted molar refractivity (Wildman–Crippen MR) is 68.2 cm³/mol. The van der Waals surface area contributed by atoms with Crippen LogP contribution < -0.4 is 0 Å². The second-order valence-corrected chi connectivity index (χ2v) is 5.29. The van der Waals surface area contributed by atoms with Gasteiger partial charge in [-0.1, -0.05) is 39.5 Å². The molecule has 1 heteroatoms. The van der Waals surface area contributed by atoms with Crippen LogP contribution in [0.25, 0.3) is 0 Å². The third kappa shape index (κ3) is 6.19. The van der Waals surface area contributed by atoms with Crippen LogP contribution in [-0.2, 0) is 0 Å². The summed E-state index contributed by atoms with van der Waals surface area (Å²) in [4.78, 5) is 2.69. The maximum Gasteiger partial charge on any atom is -0.00162 e. The first-order chi connectivity index (χ1) is 7.33. The Balaban J connectivity index is 2.00. The fourth-order valence-electron chi connectivity index (χ4n) is 2.49. The Morgan fingerprint density at radius 1 is 1.00 bits per heavy atom. The molecule has 0 spiro atoms. The van der Waals surface area contributed by atoms with E-state index in [4.69, 9.17) is 0 Å². The molecule has 0 aromatic heterocycles. The van der Waals surface area contributed by atoms with Crippen LogP contribution in [0.15, 0.2) is 0 Å². The summed E-state index contributed by atoms with van der Waals surface area (Å²) in [5.74, 6) is 0.968. The van der Waals surface area contributed by atoms with E-state index in [1.54, 1.807) is 0 Å². The molecule has 1 unspecified atom stereocenters. The highest BCUT2D eigenvalue weighted by molar-refractivity contribution is 4.67. The summed E-state index contributed by atoms with van der Waals surface area (Å²) >= 11 is 0. The zero-order chi connectivity index (χ0) is 10.9. The molecule has 1 fully saturated rings. The molecule has 1 saturated heterocycles. The first kappa shape index (κ1) is 13.0. The lowest BCUT2D eigenvalue weighted by atomic mass is 10.0. The Morgan fingerprint density at radius 3 is 2.60 bits per heavy atom. The van der Waals surface area contributed by atoms with Crippen molar-refractivity contribution < 1.29 is 0 Å². The Kier molecular flexibility index (Phi) is 7.08. The molecule has 0 saturated carbocycles. The highest BCUT2D eigenvalue weighted by Crippen LogP contribution is 2.16. The third-order valence-corrected chi connectivity index (χ3v) is 3.69. The third-order valence-electron chi connectivity index (χ3n) is 3.69. The zero-order valence-corrected chi connectivity index (χ0v) is 10.8. The van der Waals surface area contributed by atoms with Gasteiger partial charge in [-0.05, 0) is 51.2 Å². The number of nitrogens with zero attached hydrogens (tertiary/aromatic N) is 1. The molecule has 0 aliphatic carbocycles. The molecule has 0 bridgehead atoms. The second kappa shape index (κ2) is 8.15. The predicted octanol–water partition coefficient (Wildman–Crippen LogP) is 4.08. The number of likely N-dealkylation sites (tertiary alicyclic amines) is 1. The standard InChI is InChI=1S/C14H29N/c1-3-4-5-6-7-11-15-12-8-9-14(2)10-13-15/h14H,3-13H2,1-2H3. The van der Waals surface area contributed by atoms with Gasteiger partial charge >= 0.3 is 0 Å². The van der Waals surface area contributed by atoms with Crippen LogP contribution in [0.2, 0.25) is 0 Å². The lowest BCUT2D eigenvalue weighted by Gasteiger charge is -2.19. The first-order valence-electron chi connectivity index (χ1n) is 7.05. The van der Waals surface area contributed by atoms with E-state index in [2.05, 4.69) is 18.7 Å². The number of rotatable bonds is 6. The minimum Gasteiger partial charge on any atom is -0.303 e. The molecular weight excluding hydrogens is 182 g/mol. The first-order valence-corrected chi connectivity index (χ1v) is 7.05. The number of hydrogen-bond donors (Lipinski definition) is 0. The molecule has 90 valence electrons. The lowest BCUT2D eigenvalue weighted by Crippen LogP contribution is -2.25. The van der Waals surface area contributed by atoms with E-state index in [9.17, 15) is 0 Å². The van der Waals surface area contributed by atoms with E-state index in [0.29, 0.717) is 0 Å². The average Bonchev–Trinajstić information content (AvgIpc) is 2.43. The summed E-state index contributed by atoms with van der Waals surface area (Å²) in [6.45, 7) is 8.77. The maximum atomic E-state index is 2.69. The minimum atomic E-state index is 0.968. The van der Waals surface area contributed by atoms with Gasteiger partial charge in [0, 0.05) is 0 Å². The normalized spacial score (nSPS) is 24.0. The molecular formula is C14H29N. The summed E-state index contributed by atoms with van der Waals surface area (Å²) in [5, 5.41) is 0. The van der Waals surface area contributed by atoms with Gasteiger partial charge in [0.15, 0.2) is 0 Å². The Labute approximate surface area is 96.2 Å². The monoisotopic (exact) mass is 211 g/mol. The highest BCUT2D eigenvalue weighted by atomic mass is 15.1. The highest BCUT2D eigenvalue weighted by Gasteiger charge is 2.12. The SMILES string of the molecule is CCCCCCCN1CCCC(C)CC1. The molecule has 0 radical (unpaired) electrons. The molecule has 0 N–H and O–H groups in total. The summed E-state index contributed by atoms with van der Waals surface area (Å²) in [5.41, 5.74) is 0. The number of hydrogen-bond acceptors (Lipinski definition) is 1. The molecule has 0 aromatic rings. The van der Waals surface area contributed by atoms with Gasteiger partial charge in [0.25, 0.3) is 0 Å². The van der Waals surface area contributed by atoms with E-state index < -0.39 is 0 Å². The molecule has 15 heavy (non-hydrogen) atoms. The largest absolute Gasteiger partial charge is 0.303 e. The van der Waals surface area contributed by atoms with Crippen LogP contribution in [0.4, 0.5) is 0 Å². The van der Waals surface area contributed by atoms with Gasteiger partial charge in [-0.25, -0.2) is 0 Å². The molecule has 1 aliphatic rings. The van der Waals surface area contributed by atoms with Crippen LogP contribution in [0.3, 0.4) is 0 Å². The Morgan fingerprint density at radius 2 is 1.80 bits per heavy atom. The van der Waals surface area contributed by atoms with Crippen molar-refractivity contribution >= 4 is 0 Å². The Bertz CT molecular complexity index is 144. The van der Waals surface area contributed by atoms with Gasteiger partial charge < -0.3 is 4.90 Å². The second-order valence-electron chi connectivity index (χ2n) is 5.29. The zero-order valence-electron chi connectivity index (χ0n) is 10.8. The smallest absolute Gasteiger partial charge is 0.00162 e. The van der Waals surface area contributed by atoms with Crippen molar-refractivity contribution in [2.75, 3.05) is 19.6 Å². The van der Waals surface area contributed by atoms with Crippen molar-refractivity contribution in [2.24, 2.45) is 5.92 Å². The van der Waals surface area contributed by atoms with Gasteiger partial charge in [-0.3, -0.25) is 0 Å². The van der Waals surface area contributed by atoms with Gasteiger partial charge in [0.2, 0.25) is 0 Å². The van der Waals surface area contributed by atoms with Crippen LogP contribution >= 0.6 is 0 Å². The van der Waals surface area contributed by atoms with Crippen molar-refractivity contribution in [3.05, 3.63) is 0 Å². The van der Waals surface area contributed by atoms with Crippen molar-refractivity contribution in [1.29, 1.82) is 0 Å². The quantitative estimate of drug-likeness (QED) is 0.598. The van der Waals surface area contributed by atoms with E-state index in [0.717, 1.165) is 5.92 Å². The summed E-state index contributed by atoms with van der Waals surface area (Å²) in [7, 11) is 0. The Hall–Kier alpha value is -0.0400. The van der Waals surface area contributed by atoms with E-state index >= 15 is 0 Å². The summed E-state index contributed by atoms with van der Waals surface area (Å²) < 4.78 is 0. The summed E-state index contributed by atoms with van der Waals surface area (Å²) in [6, 6.07) is 0. The maximum absolute atomic E-state index is 2.69. The molecule has 1 heterocycles. The molecule has 1 rings (SSSR count). The van der Waals surface area contributed by atoms with Crippen LogP contribution in [-0.4, -0.2) is 24.5 Å². The topological polar surface area (TPSA) is 3.24 Å². The van der Waals surface area contributed by atoms with Gasteiger partial charge in [-0.2, -0.15) is 0 Å². The lowest BCUT2D eigenvalue weighted by molar-refractivity contribution is 0.274. The molecule has 0 aromatic carbocycles. The van der Waals surface area contributed by atoms with E-state index in [-0.39, 0.29) is 0 Å². The van der Waals surface area contributed by atoms with Crippen molar-refractivity contribution in [3.8, 4) is 0 Å². The summed E-state index contributed by atoms with van der Waals surface area (Å²) in [6.07, 6.45) is 11.4. The number of unbranched alkanes of at least 4 members (excludes halogenated alkanes) is 4. The van der Waals surface area contributed by atoms with Gasteiger partial charge in [-0.15, -0.1) is 0 Å². The molecule has 1 atom stereocenters. The van der Waals surface area contributed by atoms with Crippen LogP contribution in [0.1, 0.15) is 65.2 Å². The average molecular weight is 211 g/mol. The van der Waals surface area contributed by atoms with Crippen molar-refractivity contribution in [2.45, 2.75) is 65.2 Å². The van der Waals surface area contributed by atoms with E-state index in [1.165, 1.54) is 71.0 Å². The van der Waals surface area contributed by atoms with Crippen molar-refractivity contribution in [3.63, 3.8) is 0 Å². The fourth-order valence-corrected chi connectivity index (χ4v) is 2.49. The van der Waals surface area contributed by atoms with E-state index in [1.807, 2.05) is 0 Å². The van der Waals surface area contributed by atoms with Crippen molar-refractivity contribution in [1.82, 2.24) is 4.90 Å². The van der Waals surface area contributed by atoms with Crippen LogP contribution in [0, 0.1) is 5.92 Å². The molecule has 1 aliphatic heterocycles. The minimum absolute atomic E-state index is 0.968.